The number of hydrogen-bond acceptors (Lipinski definition) is 3. The van der Waals surface area contributed by atoms with Crippen molar-refractivity contribution in [2.45, 2.75) is 13.5 Å². The Bertz CT molecular complexity index is 270. The van der Waals surface area contributed by atoms with Gasteiger partial charge in [-0.1, -0.05) is 18.2 Å². The van der Waals surface area contributed by atoms with Crippen LogP contribution < -0.4 is 5.32 Å². The van der Waals surface area contributed by atoms with E-state index in [0.717, 1.165) is 17.2 Å². The van der Waals surface area contributed by atoms with E-state index >= 15 is 0 Å². The Balaban J connectivity index is 2.29. The van der Waals surface area contributed by atoms with E-state index in [1.807, 2.05) is 12.3 Å². The quantitative estimate of drug-likeness (QED) is 0.811. The van der Waals surface area contributed by atoms with E-state index < -0.39 is 0 Å². The van der Waals surface area contributed by atoms with Crippen LogP contribution in [-0.4, -0.2) is 11.5 Å². The Morgan fingerprint density at radius 2 is 2.58 bits per heavy atom. The van der Waals surface area contributed by atoms with Gasteiger partial charge in [-0.15, -0.1) is 11.3 Å². The van der Waals surface area contributed by atoms with Crippen molar-refractivity contribution in [1.82, 2.24) is 10.3 Å². The lowest BCUT2D eigenvalue weighted by molar-refractivity contribution is 0.748. The van der Waals surface area contributed by atoms with E-state index in [1.54, 1.807) is 11.3 Å². The predicted molar refractivity (Wildman–Crippen MR) is 53.6 cm³/mol. The van der Waals surface area contributed by atoms with Gasteiger partial charge in [0.25, 0.3) is 0 Å². The smallest absolute Gasteiger partial charge is 0.107 e. The summed E-state index contributed by atoms with van der Waals surface area (Å²) in [6.45, 7) is 6.97. The molecule has 1 heterocycles. The molecule has 12 heavy (non-hydrogen) atoms. The maximum atomic E-state index is 5.58. The molecule has 1 N–H and O–H groups in total. The number of nitrogens with one attached hydrogen (secondary N) is 1. The second-order valence-corrected chi connectivity index (χ2v) is 3.98. The molecule has 0 fully saturated rings. The van der Waals surface area contributed by atoms with Crippen LogP contribution in [0.5, 0.6) is 0 Å². The molecule has 0 aliphatic carbocycles. The van der Waals surface area contributed by atoms with Crippen molar-refractivity contribution in [2.75, 3.05) is 6.54 Å². The molecule has 0 spiro atoms. The molecule has 0 aliphatic rings. The fourth-order valence-corrected chi connectivity index (χ4v) is 1.62. The molecule has 1 rings (SSSR count). The zero-order chi connectivity index (χ0) is 8.97. The van der Waals surface area contributed by atoms with Crippen LogP contribution in [0.2, 0.25) is 0 Å². The highest BCUT2D eigenvalue weighted by atomic mass is 35.5. The lowest BCUT2D eigenvalue weighted by Gasteiger charge is -1.98. The molecule has 0 amide bonds. The summed E-state index contributed by atoms with van der Waals surface area (Å²) in [6.07, 6.45) is 0. The minimum Gasteiger partial charge on any atom is -0.305 e. The molecule has 2 nitrogen and oxygen atoms in total. The van der Waals surface area contributed by atoms with Crippen molar-refractivity contribution in [3.63, 3.8) is 0 Å². The van der Waals surface area contributed by atoms with E-state index in [0.29, 0.717) is 11.6 Å². The second kappa shape index (κ2) is 4.60. The summed E-state index contributed by atoms with van der Waals surface area (Å²) in [6, 6.07) is 0. The molecule has 0 aliphatic heterocycles. The SMILES string of the molecule is C=C(Cl)CNCc1nc(C)cs1. The van der Waals surface area contributed by atoms with E-state index in [-0.39, 0.29) is 0 Å². The first kappa shape index (κ1) is 9.71. The van der Waals surface area contributed by atoms with Crippen LogP contribution in [-0.2, 0) is 6.54 Å². The van der Waals surface area contributed by atoms with E-state index in [2.05, 4.69) is 16.9 Å². The summed E-state index contributed by atoms with van der Waals surface area (Å²) in [5.74, 6) is 0. The highest BCUT2D eigenvalue weighted by molar-refractivity contribution is 7.09. The molecule has 0 saturated carbocycles. The number of halogens is 1. The predicted octanol–water partition coefficient (Wildman–Crippen LogP) is 2.29. The lowest BCUT2D eigenvalue weighted by atomic mass is 10.5. The molecule has 4 heteroatoms. The van der Waals surface area contributed by atoms with Crippen molar-refractivity contribution >= 4 is 22.9 Å². The fraction of sp³-hybridized carbons (Fsp3) is 0.375. The lowest BCUT2D eigenvalue weighted by Crippen LogP contribution is -2.14. The Labute approximate surface area is 81.3 Å². The molecule has 0 atom stereocenters. The summed E-state index contributed by atoms with van der Waals surface area (Å²) < 4.78 is 0. The zero-order valence-corrected chi connectivity index (χ0v) is 8.50. The van der Waals surface area contributed by atoms with Gasteiger partial charge in [-0.05, 0) is 6.92 Å². The third-order valence-electron chi connectivity index (χ3n) is 1.26. The van der Waals surface area contributed by atoms with Crippen molar-refractivity contribution in [2.24, 2.45) is 0 Å². The molecular weight excluding hydrogens is 192 g/mol. The minimum atomic E-state index is 0.628. The molecule has 66 valence electrons. The molecular formula is C8H11ClN2S. The second-order valence-electron chi connectivity index (χ2n) is 2.50. The van der Waals surface area contributed by atoms with Crippen molar-refractivity contribution in [3.8, 4) is 0 Å². The van der Waals surface area contributed by atoms with Crippen LogP contribution in [0.1, 0.15) is 10.7 Å². The monoisotopic (exact) mass is 202 g/mol. The molecule has 1 aromatic rings. The summed E-state index contributed by atoms with van der Waals surface area (Å²) in [5.41, 5.74) is 1.07. The van der Waals surface area contributed by atoms with Gasteiger partial charge >= 0.3 is 0 Å². The summed E-state index contributed by atoms with van der Waals surface area (Å²) >= 11 is 7.23. The van der Waals surface area contributed by atoms with Crippen molar-refractivity contribution in [3.05, 3.63) is 27.7 Å². The van der Waals surface area contributed by atoms with E-state index in [4.69, 9.17) is 11.6 Å². The van der Waals surface area contributed by atoms with Gasteiger partial charge in [-0.25, -0.2) is 4.98 Å². The highest BCUT2D eigenvalue weighted by Crippen LogP contribution is 2.07. The summed E-state index contributed by atoms with van der Waals surface area (Å²) in [4.78, 5) is 4.29. The van der Waals surface area contributed by atoms with Crippen molar-refractivity contribution in [1.29, 1.82) is 0 Å². The molecule has 0 saturated heterocycles. The topological polar surface area (TPSA) is 24.9 Å². The first-order valence-electron chi connectivity index (χ1n) is 3.63. The number of aryl methyl sites for hydroxylation is 1. The van der Waals surface area contributed by atoms with Gasteiger partial charge in [-0.3, -0.25) is 0 Å². The standard InChI is InChI=1S/C8H11ClN2S/c1-6(9)3-10-4-8-11-7(2)5-12-8/h5,10H,1,3-4H2,2H3. The van der Waals surface area contributed by atoms with Crippen LogP contribution in [0.15, 0.2) is 17.0 Å². The molecule has 0 radical (unpaired) electrons. The van der Waals surface area contributed by atoms with E-state index in [9.17, 15) is 0 Å². The third kappa shape index (κ3) is 3.34. The number of aromatic nitrogens is 1. The Hall–Kier alpha value is -0.380. The maximum absolute atomic E-state index is 5.58. The summed E-state index contributed by atoms with van der Waals surface area (Å²) in [7, 11) is 0. The number of hydrogen-bond donors (Lipinski definition) is 1. The molecule has 0 aromatic carbocycles. The minimum absolute atomic E-state index is 0.628. The van der Waals surface area contributed by atoms with Gasteiger partial charge in [0.15, 0.2) is 0 Å². The van der Waals surface area contributed by atoms with Gasteiger partial charge in [0.1, 0.15) is 5.01 Å². The first-order chi connectivity index (χ1) is 5.68. The zero-order valence-electron chi connectivity index (χ0n) is 6.93. The van der Waals surface area contributed by atoms with Crippen LogP contribution in [0.4, 0.5) is 0 Å². The molecule has 1 aromatic heterocycles. The normalized spacial score (nSPS) is 10.2. The maximum Gasteiger partial charge on any atom is 0.107 e. The fourth-order valence-electron chi connectivity index (χ4n) is 0.789. The number of rotatable bonds is 4. The van der Waals surface area contributed by atoms with Crippen LogP contribution in [0, 0.1) is 6.92 Å². The van der Waals surface area contributed by atoms with Gasteiger partial charge < -0.3 is 5.32 Å². The third-order valence-corrected chi connectivity index (χ3v) is 2.36. The first-order valence-corrected chi connectivity index (χ1v) is 4.89. The summed E-state index contributed by atoms with van der Waals surface area (Å²) in [5, 5.41) is 6.88. The average molecular weight is 203 g/mol. The Morgan fingerprint density at radius 1 is 1.83 bits per heavy atom. The molecule has 0 unspecified atom stereocenters. The van der Waals surface area contributed by atoms with Gasteiger partial charge in [0.2, 0.25) is 0 Å². The number of nitrogens with zero attached hydrogens (tertiary/aromatic N) is 1. The van der Waals surface area contributed by atoms with Gasteiger partial charge in [0, 0.05) is 29.2 Å². The van der Waals surface area contributed by atoms with Crippen LogP contribution >= 0.6 is 22.9 Å². The number of thiazole rings is 1. The average Bonchev–Trinajstić information content (AvgIpc) is 2.35. The van der Waals surface area contributed by atoms with Crippen molar-refractivity contribution < 1.29 is 0 Å². The highest BCUT2D eigenvalue weighted by Gasteiger charge is 1.97. The van der Waals surface area contributed by atoms with Crippen LogP contribution in [0.25, 0.3) is 0 Å². The van der Waals surface area contributed by atoms with Gasteiger partial charge in [0.05, 0.1) is 0 Å². The Kier molecular flexibility index (Phi) is 3.72. The van der Waals surface area contributed by atoms with E-state index in [1.165, 1.54) is 0 Å². The van der Waals surface area contributed by atoms with Crippen LogP contribution in [0.3, 0.4) is 0 Å². The largest absolute Gasteiger partial charge is 0.305 e. The molecule has 0 bridgehead atoms. The van der Waals surface area contributed by atoms with Gasteiger partial charge in [-0.2, -0.15) is 0 Å². The Morgan fingerprint density at radius 3 is 3.08 bits per heavy atom.